The van der Waals surface area contributed by atoms with Gasteiger partial charge >= 0.3 is 0 Å². The molecule has 4 nitrogen and oxygen atoms in total. The predicted octanol–water partition coefficient (Wildman–Crippen LogP) is 2.17. The number of piperidine rings is 1. The van der Waals surface area contributed by atoms with Crippen molar-refractivity contribution in [1.29, 1.82) is 0 Å². The minimum absolute atomic E-state index is 0.0260. The van der Waals surface area contributed by atoms with Crippen LogP contribution in [0.2, 0.25) is 0 Å². The molecule has 2 unspecified atom stereocenters. The molecule has 1 fully saturated rings. The Morgan fingerprint density at radius 1 is 1.40 bits per heavy atom. The van der Waals surface area contributed by atoms with Crippen molar-refractivity contribution in [2.45, 2.75) is 44.8 Å². The van der Waals surface area contributed by atoms with Gasteiger partial charge in [0, 0.05) is 24.6 Å². The van der Waals surface area contributed by atoms with Crippen LogP contribution in [-0.2, 0) is 0 Å². The number of para-hydroxylation sites is 1. The number of hydrogen-bond donors (Lipinski definition) is 1. The molecule has 3 atom stereocenters. The minimum Gasteiger partial charge on any atom is -0.489 e. The number of aliphatic hydroxyl groups is 1. The molecule has 2 aliphatic heterocycles. The monoisotopic (exact) mass is 275 g/mol. The van der Waals surface area contributed by atoms with E-state index < -0.39 is 6.10 Å². The second kappa shape index (κ2) is 5.09. The molecule has 4 heteroatoms. The Labute approximate surface area is 119 Å². The Hall–Kier alpha value is -1.55. The van der Waals surface area contributed by atoms with Gasteiger partial charge in [0.1, 0.15) is 11.9 Å². The van der Waals surface area contributed by atoms with Crippen molar-refractivity contribution in [3.05, 3.63) is 29.3 Å². The van der Waals surface area contributed by atoms with Gasteiger partial charge in [-0.1, -0.05) is 19.1 Å². The number of amides is 1. The normalized spacial score (nSPS) is 28.9. The molecule has 0 saturated carbocycles. The van der Waals surface area contributed by atoms with Gasteiger partial charge in [-0.15, -0.1) is 0 Å². The first kappa shape index (κ1) is 13.4. The molecule has 2 aliphatic rings. The van der Waals surface area contributed by atoms with Gasteiger partial charge in [0.2, 0.25) is 0 Å². The van der Waals surface area contributed by atoms with E-state index in [9.17, 15) is 9.90 Å². The maximum atomic E-state index is 12.7. The van der Waals surface area contributed by atoms with Crippen LogP contribution in [0.3, 0.4) is 0 Å². The second-order valence-electron chi connectivity index (χ2n) is 5.88. The smallest absolute Gasteiger partial charge is 0.257 e. The van der Waals surface area contributed by atoms with Crippen molar-refractivity contribution in [2.24, 2.45) is 0 Å². The highest BCUT2D eigenvalue weighted by atomic mass is 16.5. The van der Waals surface area contributed by atoms with Gasteiger partial charge in [-0.3, -0.25) is 4.79 Å². The highest BCUT2D eigenvalue weighted by Gasteiger charge is 2.33. The number of carbonyl (C=O) groups excluding carboxylic acids is 1. The number of benzene rings is 1. The van der Waals surface area contributed by atoms with Gasteiger partial charge in [-0.25, -0.2) is 0 Å². The number of fused-ring (bicyclic) bond motifs is 1. The molecule has 1 amide bonds. The summed E-state index contributed by atoms with van der Waals surface area (Å²) in [6, 6.07) is 5.78. The number of rotatable bonds is 1. The molecular formula is C16H21NO3. The second-order valence-corrected chi connectivity index (χ2v) is 5.88. The van der Waals surface area contributed by atoms with Crippen LogP contribution in [0, 0.1) is 0 Å². The van der Waals surface area contributed by atoms with E-state index in [1.165, 1.54) is 0 Å². The fourth-order valence-electron chi connectivity index (χ4n) is 3.06. The average molecular weight is 275 g/mol. The molecule has 0 aromatic heterocycles. The first-order valence-electron chi connectivity index (χ1n) is 7.35. The fourth-order valence-corrected chi connectivity index (χ4v) is 3.06. The molecule has 0 aliphatic carbocycles. The lowest BCUT2D eigenvalue weighted by Crippen LogP contribution is -2.42. The summed E-state index contributed by atoms with van der Waals surface area (Å²) in [5.74, 6) is 1.02. The van der Waals surface area contributed by atoms with Crippen molar-refractivity contribution in [1.82, 2.24) is 4.90 Å². The van der Waals surface area contributed by atoms with Gasteiger partial charge in [0.05, 0.1) is 11.7 Å². The Morgan fingerprint density at radius 3 is 2.95 bits per heavy atom. The van der Waals surface area contributed by atoms with Crippen LogP contribution in [0.5, 0.6) is 5.75 Å². The molecule has 1 N–H and O–H groups in total. The minimum atomic E-state index is -0.400. The van der Waals surface area contributed by atoms with Crippen molar-refractivity contribution in [2.75, 3.05) is 13.1 Å². The van der Waals surface area contributed by atoms with E-state index in [1.807, 2.05) is 25.1 Å². The quantitative estimate of drug-likeness (QED) is 0.854. The number of likely N-dealkylation sites (tertiary alicyclic amines) is 1. The summed E-state index contributed by atoms with van der Waals surface area (Å²) in [5.41, 5.74) is 1.74. The van der Waals surface area contributed by atoms with Crippen LogP contribution in [0.25, 0.3) is 0 Å². The molecule has 0 radical (unpaired) electrons. The van der Waals surface area contributed by atoms with Gasteiger partial charge in [-0.2, -0.15) is 0 Å². The third kappa shape index (κ3) is 2.18. The first-order chi connectivity index (χ1) is 9.58. The van der Waals surface area contributed by atoms with Crippen LogP contribution < -0.4 is 4.74 Å². The van der Waals surface area contributed by atoms with Crippen LogP contribution in [-0.4, -0.2) is 41.2 Å². The summed E-state index contributed by atoms with van der Waals surface area (Å²) < 4.78 is 5.88. The lowest BCUT2D eigenvalue weighted by atomic mass is 9.96. The maximum absolute atomic E-state index is 12.7. The Kier molecular flexibility index (Phi) is 3.42. The molecule has 3 rings (SSSR count). The molecule has 0 bridgehead atoms. The standard InChI is InChI=1S/C16H21NO3/c1-10-11(2)20-15-13(10)6-3-7-14(15)16(19)17-8-4-5-12(18)9-17/h3,6-7,10-12,18H,4-5,8-9H2,1-2H3/t10?,11?,12-/m0/s1. The topological polar surface area (TPSA) is 49.8 Å². The third-order valence-corrected chi connectivity index (χ3v) is 4.46. The van der Waals surface area contributed by atoms with Gasteiger partial charge in [-0.05, 0) is 25.8 Å². The molecule has 1 saturated heterocycles. The van der Waals surface area contributed by atoms with E-state index in [0.29, 0.717) is 24.6 Å². The number of nitrogens with zero attached hydrogens (tertiary/aromatic N) is 1. The van der Waals surface area contributed by atoms with E-state index in [1.54, 1.807) is 4.90 Å². The summed E-state index contributed by atoms with van der Waals surface area (Å²) in [4.78, 5) is 14.4. The Balaban J connectivity index is 1.90. The summed E-state index contributed by atoms with van der Waals surface area (Å²) in [7, 11) is 0. The lowest BCUT2D eigenvalue weighted by Gasteiger charge is -2.30. The zero-order valence-corrected chi connectivity index (χ0v) is 12.0. The highest BCUT2D eigenvalue weighted by molar-refractivity contribution is 5.97. The van der Waals surface area contributed by atoms with Crippen molar-refractivity contribution >= 4 is 5.91 Å². The van der Waals surface area contributed by atoms with Gasteiger partial charge in [0.25, 0.3) is 5.91 Å². The van der Waals surface area contributed by atoms with E-state index >= 15 is 0 Å². The van der Waals surface area contributed by atoms with Crippen molar-refractivity contribution < 1.29 is 14.6 Å². The largest absolute Gasteiger partial charge is 0.489 e. The molecule has 20 heavy (non-hydrogen) atoms. The average Bonchev–Trinajstić information content (AvgIpc) is 2.74. The van der Waals surface area contributed by atoms with Crippen LogP contribution in [0.15, 0.2) is 18.2 Å². The zero-order valence-electron chi connectivity index (χ0n) is 12.0. The van der Waals surface area contributed by atoms with Crippen molar-refractivity contribution in [3.8, 4) is 5.75 Å². The molecule has 1 aromatic rings. The predicted molar refractivity (Wildman–Crippen MR) is 76.1 cm³/mol. The fraction of sp³-hybridized carbons (Fsp3) is 0.562. The summed E-state index contributed by atoms with van der Waals surface area (Å²) in [5, 5.41) is 9.73. The summed E-state index contributed by atoms with van der Waals surface area (Å²) in [6.07, 6.45) is 1.34. The van der Waals surface area contributed by atoms with Crippen molar-refractivity contribution in [3.63, 3.8) is 0 Å². The number of β-amino-alcohol motifs (C(OH)–C–C–N with tert-alkyl or cyclic N) is 1. The number of aliphatic hydroxyl groups excluding tert-OH is 1. The van der Waals surface area contributed by atoms with Gasteiger partial charge < -0.3 is 14.7 Å². The van der Waals surface area contributed by atoms with E-state index in [2.05, 4.69) is 6.92 Å². The number of carbonyl (C=O) groups is 1. The van der Waals surface area contributed by atoms with Gasteiger partial charge in [0.15, 0.2) is 0 Å². The number of hydrogen-bond acceptors (Lipinski definition) is 3. The molecule has 2 heterocycles. The maximum Gasteiger partial charge on any atom is 0.257 e. The number of ether oxygens (including phenoxy) is 1. The molecule has 108 valence electrons. The Bertz CT molecular complexity index is 528. The van der Waals surface area contributed by atoms with E-state index in [0.717, 1.165) is 24.2 Å². The summed E-state index contributed by atoms with van der Waals surface area (Å²) in [6.45, 7) is 5.29. The highest BCUT2D eigenvalue weighted by Crippen LogP contribution is 2.40. The van der Waals surface area contributed by atoms with Crippen LogP contribution in [0.4, 0.5) is 0 Å². The SMILES string of the molecule is CC1Oc2c(C(=O)N3CCC[C@H](O)C3)cccc2C1C. The van der Waals surface area contributed by atoms with Crippen LogP contribution >= 0.6 is 0 Å². The zero-order chi connectivity index (χ0) is 14.3. The Morgan fingerprint density at radius 2 is 2.20 bits per heavy atom. The summed E-state index contributed by atoms with van der Waals surface area (Å²) >= 11 is 0. The third-order valence-electron chi connectivity index (χ3n) is 4.46. The van der Waals surface area contributed by atoms with Crippen LogP contribution in [0.1, 0.15) is 48.5 Å². The molecule has 0 spiro atoms. The lowest BCUT2D eigenvalue weighted by molar-refractivity contribution is 0.0470. The van der Waals surface area contributed by atoms with E-state index in [-0.39, 0.29) is 12.0 Å². The molecule has 1 aromatic carbocycles. The molecular weight excluding hydrogens is 254 g/mol. The first-order valence-corrected chi connectivity index (χ1v) is 7.35. The van der Waals surface area contributed by atoms with E-state index in [4.69, 9.17) is 4.74 Å².